The molecule has 1 atom stereocenters. The van der Waals surface area contributed by atoms with Crippen molar-refractivity contribution in [2.45, 2.75) is 77.3 Å². The maximum absolute atomic E-state index is 4.47. The molecular formula is C20H41N5. The maximum atomic E-state index is 4.47. The fraction of sp³-hybridized carbons (Fsp3) is 0.950. The predicted molar refractivity (Wildman–Crippen MR) is 108 cm³/mol. The van der Waals surface area contributed by atoms with Gasteiger partial charge < -0.3 is 15.5 Å². The molecule has 0 spiro atoms. The predicted octanol–water partition coefficient (Wildman–Crippen LogP) is 2.68. The Hall–Kier alpha value is -0.810. The monoisotopic (exact) mass is 351 g/mol. The summed E-state index contributed by atoms with van der Waals surface area (Å²) in [6.45, 7) is 11.8. The summed E-state index contributed by atoms with van der Waals surface area (Å²) >= 11 is 0. The van der Waals surface area contributed by atoms with Crippen LogP contribution in [0.5, 0.6) is 0 Å². The highest BCUT2D eigenvalue weighted by molar-refractivity contribution is 5.80. The molecule has 5 heteroatoms. The van der Waals surface area contributed by atoms with Crippen molar-refractivity contribution in [2.24, 2.45) is 4.99 Å². The summed E-state index contributed by atoms with van der Waals surface area (Å²) in [6.07, 6.45) is 10.4. The van der Waals surface area contributed by atoms with Gasteiger partial charge in [-0.2, -0.15) is 0 Å². The van der Waals surface area contributed by atoms with Crippen molar-refractivity contribution in [2.75, 3.05) is 46.3 Å². The molecule has 2 saturated heterocycles. The summed E-state index contributed by atoms with van der Waals surface area (Å²) in [5, 5.41) is 7.27. The topological polar surface area (TPSA) is 42.9 Å². The number of rotatable bonds is 8. The molecule has 25 heavy (non-hydrogen) atoms. The number of hydrogen-bond acceptors (Lipinski definition) is 3. The second kappa shape index (κ2) is 11.7. The van der Waals surface area contributed by atoms with Gasteiger partial charge in [-0.1, -0.05) is 26.7 Å². The normalized spacial score (nSPS) is 24.4. The SMILES string of the molecule is CCCCN1CCCCC1CNC(=NC)NC1CCN(CCC)CC1. The van der Waals surface area contributed by atoms with Crippen LogP contribution in [0, 0.1) is 0 Å². The molecular weight excluding hydrogens is 310 g/mol. The molecule has 5 nitrogen and oxygen atoms in total. The molecule has 0 bridgehead atoms. The third kappa shape index (κ3) is 7.14. The van der Waals surface area contributed by atoms with E-state index in [-0.39, 0.29) is 0 Å². The van der Waals surface area contributed by atoms with Gasteiger partial charge in [-0.15, -0.1) is 0 Å². The molecule has 146 valence electrons. The van der Waals surface area contributed by atoms with E-state index in [4.69, 9.17) is 0 Å². The molecule has 0 saturated carbocycles. The van der Waals surface area contributed by atoms with Crippen LogP contribution in [-0.4, -0.2) is 74.2 Å². The van der Waals surface area contributed by atoms with E-state index in [9.17, 15) is 0 Å². The van der Waals surface area contributed by atoms with Gasteiger partial charge in [0.2, 0.25) is 0 Å². The van der Waals surface area contributed by atoms with Gasteiger partial charge in [-0.05, 0) is 58.2 Å². The van der Waals surface area contributed by atoms with Crippen LogP contribution >= 0.6 is 0 Å². The molecule has 0 aromatic rings. The largest absolute Gasteiger partial charge is 0.355 e. The zero-order valence-electron chi connectivity index (χ0n) is 16.9. The van der Waals surface area contributed by atoms with Gasteiger partial charge in [0.1, 0.15) is 0 Å². The van der Waals surface area contributed by atoms with Crippen LogP contribution in [0.25, 0.3) is 0 Å². The summed E-state index contributed by atoms with van der Waals surface area (Å²) in [6, 6.07) is 1.24. The number of nitrogens with zero attached hydrogens (tertiary/aromatic N) is 3. The summed E-state index contributed by atoms with van der Waals surface area (Å²) in [4.78, 5) is 9.75. The summed E-state index contributed by atoms with van der Waals surface area (Å²) in [5.41, 5.74) is 0. The van der Waals surface area contributed by atoms with E-state index in [1.54, 1.807) is 0 Å². The standard InChI is InChI=1S/C20H41N5/c1-4-6-13-25-14-8-7-9-19(25)17-22-20(21-3)23-18-10-15-24(12-5-2)16-11-18/h18-19H,4-17H2,1-3H3,(H2,21,22,23). The van der Waals surface area contributed by atoms with Crippen molar-refractivity contribution in [3.63, 3.8) is 0 Å². The number of unbranched alkanes of at least 4 members (excludes halogenated alkanes) is 1. The van der Waals surface area contributed by atoms with Crippen LogP contribution in [-0.2, 0) is 0 Å². The van der Waals surface area contributed by atoms with Gasteiger partial charge in [0.05, 0.1) is 0 Å². The molecule has 0 aromatic heterocycles. The van der Waals surface area contributed by atoms with Crippen LogP contribution in [0.3, 0.4) is 0 Å². The van der Waals surface area contributed by atoms with Crippen LogP contribution in [0.2, 0.25) is 0 Å². The first-order chi connectivity index (χ1) is 12.3. The van der Waals surface area contributed by atoms with Crippen molar-refractivity contribution in [1.29, 1.82) is 0 Å². The van der Waals surface area contributed by atoms with Crippen LogP contribution < -0.4 is 10.6 Å². The third-order valence-corrected chi connectivity index (χ3v) is 5.74. The Bertz CT molecular complexity index is 376. The molecule has 2 aliphatic rings. The van der Waals surface area contributed by atoms with Crippen LogP contribution in [0.15, 0.2) is 4.99 Å². The van der Waals surface area contributed by atoms with E-state index >= 15 is 0 Å². The lowest BCUT2D eigenvalue weighted by Gasteiger charge is -2.37. The first kappa shape index (κ1) is 20.5. The Kier molecular flexibility index (Phi) is 9.63. The number of hydrogen-bond donors (Lipinski definition) is 2. The lowest BCUT2D eigenvalue weighted by molar-refractivity contribution is 0.147. The first-order valence-corrected chi connectivity index (χ1v) is 10.7. The van der Waals surface area contributed by atoms with E-state index in [0.717, 1.165) is 12.5 Å². The molecule has 0 amide bonds. The fourth-order valence-corrected chi connectivity index (χ4v) is 4.17. The van der Waals surface area contributed by atoms with Gasteiger partial charge in [-0.3, -0.25) is 9.89 Å². The van der Waals surface area contributed by atoms with Crippen LogP contribution in [0.1, 0.15) is 65.2 Å². The van der Waals surface area contributed by atoms with Crippen molar-refractivity contribution < 1.29 is 0 Å². The minimum atomic E-state index is 0.571. The fourth-order valence-electron chi connectivity index (χ4n) is 4.17. The molecule has 2 fully saturated rings. The first-order valence-electron chi connectivity index (χ1n) is 10.7. The van der Waals surface area contributed by atoms with E-state index in [2.05, 4.69) is 39.3 Å². The number of nitrogens with one attached hydrogen (secondary N) is 2. The van der Waals surface area contributed by atoms with Crippen molar-refractivity contribution >= 4 is 5.96 Å². The quantitative estimate of drug-likeness (QED) is 0.521. The zero-order chi connectivity index (χ0) is 17.9. The Morgan fingerprint density at radius 2 is 1.80 bits per heavy atom. The highest BCUT2D eigenvalue weighted by Gasteiger charge is 2.23. The number of aliphatic imine (C=N–C) groups is 1. The summed E-state index contributed by atoms with van der Waals surface area (Å²) < 4.78 is 0. The Labute approximate surface area is 155 Å². The summed E-state index contributed by atoms with van der Waals surface area (Å²) in [5.74, 6) is 0.995. The van der Waals surface area contributed by atoms with Gasteiger partial charge >= 0.3 is 0 Å². The third-order valence-electron chi connectivity index (χ3n) is 5.74. The number of likely N-dealkylation sites (tertiary alicyclic amines) is 2. The van der Waals surface area contributed by atoms with E-state index in [1.165, 1.54) is 84.1 Å². The zero-order valence-corrected chi connectivity index (χ0v) is 16.9. The Morgan fingerprint density at radius 1 is 1.00 bits per heavy atom. The number of piperidine rings is 2. The minimum Gasteiger partial charge on any atom is -0.355 e. The van der Waals surface area contributed by atoms with Crippen molar-refractivity contribution in [3.05, 3.63) is 0 Å². The molecule has 1 unspecified atom stereocenters. The summed E-state index contributed by atoms with van der Waals surface area (Å²) in [7, 11) is 1.90. The molecule has 2 rings (SSSR count). The lowest BCUT2D eigenvalue weighted by Crippen LogP contribution is -2.52. The average molecular weight is 352 g/mol. The van der Waals surface area contributed by atoms with E-state index < -0.39 is 0 Å². The van der Waals surface area contributed by atoms with Gasteiger partial charge in [0.25, 0.3) is 0 Å². The van der Waals surface area contributed by atoms with Gasteiger partial charge in [-0.25, -0.2) is 0 Å². The molecule has 0 aliphatic carbocycles. The minimum absolute atomic E-state index is 0.571. The second-order valence-electron chi connectivity index (χ2n) is 7.75. The Morgan fingerprint density at radius 3 is 2.48 bits per heavy atom. The molecule has 0 aromatic carbocycles. The van der Waals surface area contributed by atoms with Gasteiger partial charge in [0.15, 0.2) is 5.96 Å². The van der Waals surface area contributed by atoms with E-state index in [1.807, 2.05) is 7.05 Å². The van der Waals surface area contributed by atoms with Crippen molar-refractivity contribution in [3.8, 4) is 0 Å². The van der Waals surface area contributed by atoms with Crippen molar-refractivity contribution in [1.82, 2.24) is 20.4 Å². The highest BCUT2D eigenvalue weighted by atomic mass is 15.2. The van der Waals surface area contributed by atoms with Gasteiger partial charge in [0, 0.05) is 38.8 Å². The highest BCUT2D eigenvalue weighted by Crippen LogP contribution is 2.17. The van der Waals surface area contributed by atoms with Crippen LogP contribution in [0.4, 0.5) is 0 Å². The Balaban J connectivity index is 1.72. The van der Waals surface area contributed by atoms with E-state index in [0.29, 0.717) is 12.1 Å². The molecule has 2 N–H and O–H groups in total. The average Bonchev–Trinajstić information content (AvgIpc) is 2.65. The smallest absolute Gasteiger partial charge is 0.191 e. The second-order valence-corrected chi connectivity index (χ2v) is 7.75. The molecule has 0 radical (unpaired) electrons. The number of guanidine groups is 1. The maximum Gasteiger partial charge on any atom is 0.191 e. The lowest BCUT2D eigenvalue weighted by atomic mass is 10.0. The molecule has 2 heterocycles. The molecule has 2 aliphatic heterocycles.